The van der Waals surface area contributed by atoms with Gasteiger partial charge in [0.1, 0.15) is 0 Å². The van der Waals surface area contributed by atoms with Crippen LogP contribution in [0.5, 0.6) is 23.0 Å². The SMILES string of the molecule is COc1cc(CC(=O)Oc2cc(Cl)c(Cl)cc2Cl)cc(OC)c1OC. The Morgan fingerprint density at radius 2 is 1.36 bits per heavy atom. The lowest BCUT2D eigenvalue weighted by Crippen LogP contribution is -2.12. The van der Waals surface area contributed by atoms with E-state index < -0.39 is 5.97 Å². The molecular weight excluding hydrogens is 391 g/mol. The van der Waals surface area contributed by atoms with E-state index in [-0.39, 0.29) is 27.2 Å². The summed E-state index contributed by atoms with van der Waals surface area (Å²) in [5.74, 6) is 0.923. The molecule has 0 aliphatic rings. The van der Waals surface area contributed by atoms with E-state index in [1.165, 1.54) is 33.5 Å². The second-order valence-electron chi connectivity index (χ2n) is 4.88. The van der Waals surface area contributed by atoms with E-state index in [2.05, 4.69) is 0 Å². The normalized spacial score (nSPS) is 10.3. The van der Waals surface area contributed by atoms with E-state index in [4.69, 9.17) is 53.8 Å². The Morgan fingerprint density at radius 1 is 0.800 bits per heavy atom. The first-order valence-electron chi connectivity index (χ1n) is 7.03. The van der Waals surface area contributed by atoms with Crippen LogP contribution in [0.3, 0.4) is 0 Å². The van der Waals surface area contributed by atoms with Crippen molar-refractivity contribution in [1.82, 2.24) is 0 Å². The van der Waals surface area contributed by atoms with Crippen LogP contribution in [0.1, 0.15) is 5.56 Å². The molecule has 0 aliphatic heterocycles. The summed E-state index contributed by atoms with van der Waals surface area (Å²) in [6.45, 7) is 0. The molecule has 0 atom stereocenters. The van der Waals surface area contributed by atoms with Crippen molar-refractivity contribution in [2.24, 2.45) is 0 Å². The molecule has 0 radical (unpaired) electrons. The van der Waals surface area contributed by atoms with Gasteiger partial charge in [-0.2, -0.15) is 0 Å². The Balaban J connectivity index is 2.22. The van der Waals surface area contributed by atoms with Crippen LogP contribution in [0.15, 0.2) is 24.3 Å². The van der Waals surface area contributed by atoms with Crippen LogP contribution in [-0.2, 0) is 11.2 Å². The second-order valence-corrected chi connectivity index (χ2v) is 6.10. The van der Waals surface area contributed by atoms with E-state index in [0.29, 0.717) is 22.8 Å². The van der Waals surface area contributed by atoms with Crippen molar-refractivity contribution in [1.29, 1.82) is 0 Å². The lowest BCUT2D eigenvalue weighted by Gasteiger charge is -2.14. The monoisotopic (exact) mass is 404 g/mol. The van der Waals surface area contributed by atoms with Crippen molar-refractivity contribution in [3.8, 4) is 23.0 Å². The van der Waals surface area contributed by atoms with Gasteiger partial charge < -0.3 is 18.9 Å². The first kappa shape index (κ1) is 19.5. The van der Waals surface area contributed by atoms with Crippen LogP contribution < -0.4 is 18.9 Å². The van der Waals surface area contributed by atoms with Crippen molar-refractivity contribution in [3.05, 3.63) is 44.9 Å². The molecule has 5 nitrogen and oxygen atoms in total. The molecule has 2 rings (SSSR count). The summed E-state index contributed by atoms with van der Waals surface area (Å²) in [6, 6.07) is 6.13. The lowest BCUT2D eigenvalue weighted by atomic mass is 10.1. The van der Waals surface area contributed by atoms with Gasteiger partial charge in [0.15, 0.2) is 17.2 Å². The fourth-order valence-electron chi connectivity index (χ4n) is 2.15. The van der Waals surface area contributed by atoms with Crippen LogP contribution >= 0.6 is 34.8 Å². The zero-order valence-corrected chi connectivity index (χ0v) is 16.0. The Hall–Kier alpha value is -1.82. The molecular formula is C17H15Cl3O5. The molecule has 0 heterocycles. The molecule has 2 aromatic rings. The number of ether oxygens (including phenoxy) is 4. The molecule has 8 heteroatoms. The topological polar surface area (TPSA) is 54.0 Å². The highest BCUT2D eigenvalue weighted by Crippen LogP contribution is 2.38. The maximum Gasteiger partial charge on any atom is 0.315 e. The molecule has 25 heavy (non-hydrogen) atoms. The largest absolute Gasteiger partial charge is 0.493 e. The van der Waals surface area contributed by atoms with Gasteiger partial charge in [0, 0.05) is 6.07 Å². The molecule has 0 aromatic heterocycles. The van der Waals surface area contributed by atoms with Gasteiger partial charge in [-0.3, -0.25) is 4.79 Å². The lowest BCUT2D eigenvalue weighted by molar-refractivity contribution is -0.133. The average Bonchev–Trinajstić information content (AvgIpc) is 2.58. The molecule has 0 N–H and O–H groups in total. The molecule has 134 valence electrons. The molecule has 0 fully saturated rings. The smallest absolute Gasteiger partial charge is 0.315 e. The predicted molar refractivity (Wildman–Crippen MR) is 96.9 cm³/mol. The third-order valence-corrected chi connectivity index (χ3v) is 4.29. The number of halogens is 3. The summed E-state index contributed by atoms with van der Waals surface area (Å²) in [7, 11) is 4.49. The Bertz CT molecular complexity index is 767. The maximum atomic E-state index is 12.2. The van der Waals surface area contributed by atoms with Crippen LogP contribution in [0.25, 0.3) is 0 Å². The van der Waals surface area contributed by atoms with Gasteiger partial charge in [0.05, 0.1) is 42.8 Å². The standard InChI is InChI=1S/C17H15Cl3O5/c1-22-14-4-9(5-15(23-2)17(14)24-3)6-16(21)25-13-8-11(19)10(18)7-12(13)20/h4-5,7-8H,6H2,1-3H3. The Kier molecular flexibility index (Phi) is 6.64. The summed E-state index contributed by atoms with van der Waals surface area (Å²) in [6.07, 6.45) is -0.0344. The Labute approximate surface area is 160 Å². The fraction of sp³-hybridized carbons (Fsp3) is 0.235. The molecule has 0 amide bonds. The zero-order chi connectivity index (χ0) is 18.6. The summed E-state index contributed by atoms with van der Waals surface area (Å²) in [5, 5.41) is 0.699. The number of benzene rings is 2. The van der Waals surface area contributed by atoms with Crippen LogP contribution in [0.2, 0.25) is 15.1 Å². The minimum atomic E-state index is -0.533. The number of methoxy groups -OCH3 is 3. The highest BCUT2D eigenvalue weighted by atomic mass is 35.5. The van der Waals surface area contributed by atoms with Crippen molar-refractivity contribution in [2.45, 2.75) is 6.42 Å². The molecule has 0 unspecified atom stereocenters. The van der Waals surface area contributed by atoms with E-state index in [1.54, 1.807) is 12.1 Å². The summed E-state index contributed by atoms with van der Waals surface area (Å²) in [5.41, 5.74) is 0.621. The van der Waals surface area contributed by atoms with Crippen molar-refractivity contribution < 1.29 is 23.7 Å². The molecule has 0 saturated heterocycles. The molecule has 0 spiro atoms. The summed E-state index contributed by atoms with van der Waals surface area (Å²) < 4.78 is 21.0. The van der Waals surface area contributed by atoms with Crippen LogP contribution in [-0.4, -0.2) is 27.3 Å². The van der Waals surface area contributed by atoms with Gasteiger partial charge in [0.2, 0.25) is 5.75 Å². The van der Waals surface area contributed by atoms with E-state index in [1.807, 2.05) is 0 Å². The summed E-state index contributed by atoms with van der Waals surface area (Å²) >= 11 is 17.8. The number of carbonyl (C=O) groups excluding carboxylic acids is 1. The number of esters is 1. The third kappa shape index (κ3) is 4.63. The van der Waals surface area contributed by atoms with Crippen molar-refractivity contribution in [3.63, 3.8) is 0 Å². The van der Waals surface area contributed by atoms with E-state index in [0.717, 1.165) is 0 Å². The molecule has 0 bridgehead atoms. The van der Waals surface area contributed by atoms with E-state index >= 15 is 0 Å². The minimum Gasteiger partial charge on any atom is -0.493 e. The van der Waals surface area contributed by atoms with Gasteiger partial charge in [-0.05, 0) is 23.8 Å². The highest BCUT2D eigenvalue weighted by molar-refractivity contribution is 6.43. The maximum absolute atomic E-state index is 12.2. The average molecular weight is 406 g/mol. The molecule has 2 aromatic carbocycles. The minimum absolute atomic E-state index is 0.0344. The van der Waals surface area contributed by atoms with Gasteiger partial charge in [-0.1, -0.05) is 34.8 Å². The number of carbonyl (C=O) groups is 1. The quantitative estimate of drug-likeness (QED) is 0.392. The molecule has 0 aliphatic carbocycles. The number of hydrogen-bond donors (Lipinski definition) is 0. The van der Waals surface area contributed by atoms with Crippen LogP contribution in [0, 0.1) is 0 Å². The first-order valence-corrected chi connectivity index (χ1v) is 8.17. The number of rotatable bonds is 6. The van der Waals surface area contributed by atoms with Crippen LogP contribution in [0.4, 0.5) is 0 Å². The van der Waals surface area contributed by atoms with Gasteiger partial charge in [0.25, 0.3) is 0 Å². The number of hydrogen-bond acceptors (Lipinski definition) is 5. The second kappa shape index (κ2) is 8.52. The van der Waals surface area contributed by atoms with Gasteiger partial charge in [-0.25, -0.2) is 0 Å². The predicted octanol–water partition coefficient (Wildman–Crippen LogP) is 4.82. The first-order chi connectivity index (χ1) is 11.9. The van der Waals surface area contributed by atoms with Gasteiger partial charge >= 0.3 is 5.97 Å². The Morgan fingerprint density at radius 3 is 1.88 bits per heavy atom. The fourth-order valence-corrected chi connectivity index (χ4v) is 2.72. The highest BCUT2D eigenvalue weighted by Gasteiger charge is 2.17. The van der Waals surface area contributed by atoms with Crippen molar-refractivity contribution in [2.75, 3.05) is 21.3 Å². The van der Waals surface area contributed by atoms with Gasteiger partial charge in [-0.15, -0.1) is 0 Å². The zero-order valence-electron chi connectivity index (χ0n) is 13.7. The van der Waals surface area contributed by atoms with E-state index in [9.17, 15) is 4.79 Å². The molecule has 0 saturated carbocycles. The third-order valence-electron chi connectivity index (χ3n) is 3.27. The van der Waals surface area contributed by atoms with Crippen molar-refractivity contribution >= 4 is 40.8 Å². The summed E-state index contributed by atoms with van der Waals surface area (Å²) in [4.78, 5) is 12.2.